The van der Waals surface area contributed by atoms with Crippen LogP contribution in [0.3, 0.4) is 0 Å². The molecule has 31 heavy (non-hydrogen) atoms. The molecule has 0 spiro atoms. The third kappa shape index (κ3) is 5.24. The molecule has 0 aliphatic carbocycles. The predicted molar refractivity (Wildman–Crippen MR) is 124 cm³/mol. The number of fused-ring (bicyclic) bond motifs is 1. The molecule has 0 fully saturated rings. The van der Waals surface area contributed by atoms with Crippen molar-refractivity contribution in [2.75, 3.05) is 25.0 Å². The van der Waals surface area contributed by atoms with Crippen molar-refractivity contribution in [3.8, 4) is 10.4 Å². The first-order valence-electron chi connectivity index (χ1n) is 10.1. The Morgan fingerprint density at radius 2 is 1.87 bits per heavy atom. The molecule has 0 unspecified atom stereocenters. The van der Waals surface area contributed by atoms with Gasteiger partial charge < -0.3 is 10.2 Å². The molecule has 0 bridgehead atoms. The van der Waals surface area contributed by atoms with E-state index >= 15 is 0 Å². The number of nitrogens with zero attached hydrogens (tertiary/aromatic N) is 3. The summed E-state index contributed by atoms with van der Waals surface area (Å²) >= 11 is 1.64. The summed E-state index contributed by atoms with van der Waals surface area (Å²) < 4.78 is 13.0. The van der Waals surface area contributed by atoms with Crippen LogP contribution in [0.5, 0.6) is 0 Å². The van der Waals surface area contributed by atoms with E-state index in [9.17, 15) is 9.18 Å². The molecule has 4 aromatic rings. The lowest BCUT2D eigenvalue weighted by Gasteiger charge is -2.18. The van der Waals surface area contributed by atoms with E-state index in [1.165, 1.54) is 12.1 Å². The van der Waals surface area contributed by atoms with Gasteiger partial charge in [0.25, 0.3) is 0 Å². The van der Waals surface area contributed by atoms with Gasteiger partial charge in [-0.15, -0.1) is 11.3 Å². The number of halogens is 1. The van der Waals surface area contributed by atoms with Gasteiger partial charge in [-0.2, -0.15) is 0 Å². The van der Waals surface area contributed by atoms with Gasteiger partial charge in [-0.25, -0.2) is 14.4 Å². The van der Waals surface area contributed by atoms with Crippen molar-refractivity contribution in [1.82, 2.24) is 15.3 Å². The van der Waals surface area contributed by atoms with Gasteiger partial charge in [0.1, 0.15) is 22.8 Å². The van der Waals surface area contributed by atoms with Crippen LogP contribution in [-0.4, -0.2) is 36.0 Å². The highest BCUT2D eigenvalue weighted by atomic mass is 32.1. The summed E-state index contributed by atoms with van der Waals surface area (Å²) in [7, 11) is 1.94. The highest BCUT2D eigenvalue weighted by molar-refractivity contribution is 7.21. The zero-order valence-corrected chi connectivity index (χ0v) is 18.0. The van der Waals surface area contributed by atoms with Crippen molar-refractivity contribution >= 4 is 33.3 Å². The number of thiophene rings is 1. The summed E-state index contributed by atoms with van der Waals surface area (Å²) in [4.78, 5) is 25.2. The summed E-state index contributed by atoms with van der Waals surface area (Å²) in [5.74, 6) is 0.549. The standard InChI is InChI=1S/C24H23FN4OS/c1-29(14-12-22(30)26-13-11-17-7-9-19(25)10-8-17)23-20-15-21(18-5-3-2-4-6-18)31-24(20)28-16-27-23/h2-10,15-16H,11-14H2,1H3,(H,26,30). The fourth-order valence-corrected chi connectivity index (χ4v) is 4.35. The van der Waals surface area contributed by atoms with Crippen LogP contribution >= 0.6 is 11.3 Å². The van der Waals surface area contributed by atoms with Gasteiger partial charge in [-0.3, -0.25) is 4.79 Å². The van der Waals surface area contributed by atoms with Crippen LogP contribution in [0.1, 0.15) is 12.0 Å². The first-order chi connectivity index (χ1) is 15.1. The Balaban J connectivity index is 1.34. The Morgan fingerprint density at radius 1 is 1.10 bits per heavy atom. The molecule has 1 amide bonds. The number of aromatic nitrogens is 2. The quantitative estimate of drug-likeness (QED) is 0.437. The molecule has 0 atom stereocenters. The minimum absolute atomic E-state index is 0.0189. The molecular weight excluding hydrogens is 411 g/mol. The summed E-state index contributed by atoms with van der Waals surface area (Å²) in [5, 5.41) is 3.92. The van der Waals surface area contributed by atoms with Crippen molar-refractivity contribution in [3.63, 3.8) is 0 Å². The van der Waals surface area contributed by atoms with Crippen LogP contribution in [0, 0.1) is 5.82 Å². The fraction of sp³-hybridized carbons (Fsp3) is 0.208. The van der Waals surface area contributed by atoms with Gasteiger partial charge >= 0.3 is 0 Å². The first kappa shape index (κ1) is 20.9. The lowest BCUT2D eigenvalue weighted by atomic mass is 10.1. The minimum atomic E-state index is -0.254. The minimum Gasteiger partial charge on any atom is -0.359 e. The fourth-order valence-electron chi connectivity index (χ4n) is 3.35. The second kappa shape index (κ2) is 9.66. The summed E-state index contributed by atoms with van der Waals surface area (Å²) in [5.41, 5.74) is 2.15. The number of rotatable bonds is 8. The van der Waals surface area contributed by atoms with Crippen molar-refractivity contribution < 1.29 is 9.18 Å². The average Bonchev–Trinajstić information content (AvgIpc) is 3.24. The number of hydrogen-bond donors (Lipinski definition) is 1. The van der Waals surface area contributed by atoms with Crippen LogP contribution in [0.4, 0.5) is 10.2 Å². The van der Waals surface area contributed by atoms with Crippen LogP contribution in [-0.2, 0) is 11.2 Å². The zero-order valence-electron chi connectivity index (χ0n) is 17.2. The monoisotopic (exact) mass is 434 g/mol. The largest absolute Gasteiger partial charge is 0.359 e. The number of carbonyl (C=O) groups is 1. The Morgan fingerprint density at radius 3 is 2.65 bits per heavy atom. The molecule has 4 rings (SSSR count). The Labute approximate surface area is 184 Å². The number of amides is 1. The smallest absolute Gasteiger partial charge is 0.221 e. The number of benzene rings is 2. The molecule has 0 radical (unpaired) electrons. The third-order valence-corrected chi connectivity index (χ3v) is 6.14. The molecule has 0 saturated carbocycles. The molecular formula is C24H23FN4OS. The van der Waals surface area contributed by atoms with Gasteiger partial charge in [0.15, 0.2) is 0 Å². The van der Waals surface area contributed by atoms with Crippen LogP contribution in [0.25, 0.3) is 20.7 Å². The second-order valence-electron chi connectivity index (χ2n) is 7.29. The lowest BCUT2D eigenvalue weighted by Crippen LogP contribution is -2.30. The molecule has 158 valence electrons. The Hall–Kier alpha value is -3.32. The van der Waals surface area contributed by atoms with E-state index in [1.54, 1.807) is 29.8 Å². The molecule has 5 nitrogen and oxygen atoms in total. The number of carbonyl (C=O) groups excluding carboxylic acids is 1. The molecule has 0 saturated heterocycles. The molecule has 0 aliphatic heterocycles. The van der Waals surface area contributed by atoms with E-state index in [1.807, 2.05) is 30.1 Å². The maximum absolute atomic E-state index is 13.0. The van der Waals surface area contributed by atoms with Gasteiger partial charge in [0, 0.05) is 31.4 Å². The van der Waals surface area contributed by atoms with E-state index in [2.05, 4.69) is 33.5 Å². The van der Waals surface area contributed by atoms with Gasteiger partial charge in [0.2, 0.25) is 5.91 Å². The van der Waals surface area contributed by atoms with Gasteiger partial charge in [-0.1, -0.05) is 42.5 Å². The van der Waals surface area contributed by atoms with E-state index in [4.69, 9.17) is 0 Å². The average molecular weight is 435 g/mol. The maximum atomic E-state index is 13.0. The SMILES string of the molecule is CN(CCC(=O)NCCc1ccc(F)cc1)c1ncnc2sc(-c3ccccc3)cc12. The summed E-state index contributed by atoms with van der Waals surface area (Å²) in [6.07, 6.45) is 2.61. The molecule has 0 aliphatic rings. The first-order valence-corrected chi connectivity index (χ1v) is 10.9. The lowest BCUT2D eigenvalue weighted by molar-refractivity contribution is -0.120. The Bertz CT molecular complexity index is 1160. The van der Waals surface area contributed by atoms with Crippen LogP contribution < -0.4 is 10.2 Å². The number of hydrogen-bond acceptors (Lipinski definition) is 5. The Kier molecular flexibility index (Phi) is 6.52. The topological polar surface area (TPSA) is 58.1 Å². The van der Waals surface area contributed by atoms with Crippen molar-refractivity contribution in [1.29, 1.82) is 0 Å². The summed E-state index contributed by atoms with van der Waals surface area (Å²) in [6, 6.07) is 18.7. The van der Waals surface area contributed by atoms with Crippen LogP contribution in [0.2, 0.25) is 0 Å². The van der Waals surface area contributed by atoms with Crippen molar-refractivity contribution in [2.24, 2.45) is 0 Å². The van der Waals surface area contributed by atoms with Crippen LogP contribution in [0.15, 0.2) is 67.0 Å². The highest BCUT2D eigenvalue weighted by Gasteiger charge is 2.14. The van der Waals surface area contributed by atoms with E-state index in [0.29, 0.717) is 25.9 Å². The predicted octanol–water partition coefficient (Wildman–Crippen LogP) is 4.68. The summed E-state index contributed by atoms with van der Waals surface area (Å²) in [6.45, 7) is 1.07. The molecule has 1 N–H and O–H groups in total. The van der Waals surface area contributed by atoms with Crippen molar-refractivity contribution in [2.45, 2.75) is 12.8 Å². The zero-order chi connectivity index (χ0) is 21.6. The maximum Gasteiger partial charge on any atom is 0.221 e. The normalized spacial score (nSPS) is 10.9. The third-order valence-electron chi connectivity index (χ3n) is 5.05. The van der Waals surface area contributed by atoms with Gasteiger partial charge in [-0.05, 0) is 35.7 Å². The molecule has 2 heterocycles. The van der Waals surface area contributed by atoms with Crippen molar-refractivity contribution in [3.05, 3.63) is 78.4 Å². The molecule has 2 aromatic heterocycles. The molecule has 2 aromatic carbocycles. The second-order valence-corrected chi connectivity index (χ2v) is 8.32. The van der Waals surface area contributed by atoms with Gasteiger partial charge in [0.05, 0.1) is 5.39 Å². The number of nitrogens with one attached hydrogen (secondary N) is 1. The number of anilines is 1. The van der Waals surface area contributed by atoms with E-state index in [-0.39, 0.29) is 11.7 Å². The highest BCUT2D eigenvalue weighted by Crippen LogP contribution is 2.35. The van der Waals surface area contributed by atoms with E-state index in [0.717, 1.165) is 32.0 Å². The molecule has 7 heteroatoms. The van der Waals surface area contributed by atoms with E-state index < -0.39 is 0 Å².